The molecule has 1 atom stereocenters. The van der Waals surface area contributed by atoms with Gasteiger partial charge in [-0.05, 0) is 25.8 Å². The molecule has 2 aliphatic rings. The van der Waals surface area contributed by atoms with Gasteiger partial charge in [-0.3, -0.25) is 9.69 Å². The lowest BCUT2D eigenvalue weighted by Gasteiger charge is -2.25. The van der Waals surface area contributed by atoms with E-state index in [1.807, 2.05) is 4.90 Å². The molecule has 1 unspecified atom stereocenters. The summed E-state index contributed by atoms with van der Waals surface area (Å²) in [5, 5.41) is 8.45. The summed E-state index contributed by atoms with van der Waals surface area (Å²) in [5.74, 6) is -1.13. The highest BCUT2D eigenvalue weighted by atomic mass is 16.5. The van der Waals surface area contributed by atoms with Gasteiger partial charge in [0.1, 0.15) is 13.2 Å². The van der Waals surface area contributed by atoms with E-state index in [4.69, 9.17) is 9.84 Å². The first-order valence-electron chi connectivity index (χ1n) is 6.48. The van der Waals surface area contributed by atoms with Crippen LogP contribution in [0.3, 0.4) is 0 Å². The number of rotatable bonds is 4. The van der Waals surface area contributed by atoms with Crippen LogP contribution in [-0.4, -0.2) is 72.2 Å². The third kappa shape index (κ3) is 3.43. The summed E-state index contributed by atoms with van der Waals surface area (Å²) < 4.78 is 4.86. The molecule has 2 aliphatic heterocycles. The molecule has 6 heteroatoms. The van der Waals surface area contributed by atoms with Crippen LogP contribution in [0.25, 0.3) is 0 Å². The van der Waals surface area contributed by atoms with Gasteiger partial charge in [0.05, 0.1) is 0 Å². The van der Waals surface area contributed by atoms with Crippen molar-refractivity contribution in [3.8, 4) is 0 Å². The number of aliphatic carboxylic acids is 1. The van der Waals surface area contributed by atoms with Gasteiger partial charge in [0.25, 0.3) is 0 Å². The molecule has 18 heavy (non-hydrogen) atoms. The van der Waals surface area contributed by atoms with E-state index >= 15 is 0 Å². The van der Waals surface area contributed by atoms with Gasteiger partial charge in [0.2, 0.25) is 5.91 Å². The molecule has 102 valence electrons. The molecule has 2 saturated heterocycles. The largest absolute Gasteiger partial charge is 0.480 e. The third-order valence-electron chi connectivity index (χ3n) is 3.61. The summed E-state index contributed by atoms with van der Waals surface area (Å²) in [6.07, 6.45) is 3.35. The molecule has 0 radical (unpaired) electrons. The highest BCUT2D eigenvalue weighted by Crippen LogP contribution is 2.21. The predicted octanol–water partition coefficient (Wildman–Crippen LogP) is -0.216. The van der Waals surface area contributed by atoms with E-state index in [1.54, 1.807) is 0 Å². The average molecular weight is 256 g/mol. The van der Waals surface area contributed by atoms with Crippen LogP contribution in [0.5, 0.6) is 0 Å². The van der Waals surface area contributed by atoms with Crippen LogP contribution >= 0.6 is 0 Å². The van der Waals surface area contributed by atoms with E-state index in [1.165, 1.54) is 6.42 Å². The molecule has 0 aromatic heterocycles. The molecule has 0 aromatic carbocycles. The molecule has 0 spiro atoms. The van der Waals surface area contributed by atoms with Gasteiger partial charge >= 0.3 is 5.97 Å². The maximum absolute atomic E-state index is 11.9. The Morgan fingerprint density at radius 2 is 1.94 bits per heavy atom. The topological polar surface area (TPSA) is 70.1 Å². The Labute approximate surface area is 106 Å². The number of ether oxygens (including phenoxy) is 1. The molecule has 1 amide bonds. The summed E-state index contributed by atoms with van der Waals surface area (Å²) in [4.78, 5) is 26.5. The molecular formula is C12H20N2O4. The van der Waals surface area contributed by atoms with Crippen LogP contribution in [0.15, 0.2) is 0 Å². The Morgan fingerprint density at radius 1 is 1.17 bits per heavy atom. The number of nitrogens with zero attached hydrogens (tertiary/aromatic N) is 2. The van der Waals surface area contributed by atoms with Gasteiger partial charge in [-0.25, -0.2) is 4.79 Å². The molecule has 0 bridgehead atoms. The molecule has 0 saturated carbocycles. The quantitative estimate of drug-likeness (QED) is 0.753. The van der Waals surface area contributed by atoms with Crippen LogP contribution in [0.4, 0.5) is 0 Å². The second kappa shape index (κ2) is 6.15. The maximum Gasteiger partial charge on any atom is 0.329 e. The zero-order valence-corrected chi connectivity index (χ0v) is 10.5. The summed E-state index contributed by atoms with van der Waals surface area (Å²) in [7, 11) is 0. The Morgan fingerprint density at radius 3 is 2.72 bits per heavy atom. The Hall–Kier alpha value is -1.14. The molecular weight excluding hydrogens is 236 g/mol. The number of amides is 1. The van der Waals surface area contributed by atoms with Crippen molar-refractivity contribution in [1.82, 2.24) is 9.80 Å². The Kier molecular flexibility index (Phi) is 4.54. The van der Waals surface area contributed by atoms with Crippen molar-refractivity contribution < 1.29 is 19.4 Å². The molecule has 2 rings (SSSR count). The second-order valence-corrected chi connectivity index (χ2v) is 4.91. The zero-order valence-electron chi connectivity index (χ0n) is 10.5. The van der Waals surface area contributed by atoms with Crippen molar-refractivity contribution in [2.75, 3.05) is 39.4 Å². The van der Waals surface area contributed by atoms with Gasteiger partial charge < -0.3 is 14.7 Å². The summed E-state index contributed by atoms with van der Waals surface area (Å²) >= 11 is 0. The lowest BCUT2D eigenvalue weighted by Crippen LogP contribution is -2.41. The van der Waals surface area contributed by atoms with Crippen LogP contribution in [0.2, 0.25) is 0 Å². The van der Waals surface area contributed by atoms with E-state index in [-0.39, 0.29) is 12.5 Å². The minimum atomic E-state index is -1.04. The van der Waals surface area contributed by atoms with Gasteiger partial charge in [0.15, 0.2) is 0 Å². The number of carbonyl (C=O) groups is 2. The van der Waals surface area contributed by atoms with Crippen LogP contribution < -0.4 is 0 Å². The minimum absolute atomic E-state index is 0.0926. The monoisotopic (exact) mass is 256 g/mol. The smallest absolute Gasteiger partial charge is 0.329 e. The van der Waals surface area contributed by atoms with E-state index in [0.29, 0.717) is 6.04 Å². The lowest BCUT2D eigenvalue weighted by molar-refractivity contribution is -0.145. The normalized spacial score (nSPS) is 24.7. The number of carboxylic acids is 1. The Balaban J connectivity index is 1.80. The third-order valence-corrected chi connectivity index (χ3v) is 3.61. The second-order valence-electron chi connectivity index (χ2n) is 4.91. The van der Waals surface area contributed by atoms with E-state index in [2.05, 4.69) is 4.90 Å². The maximum atomic E-state index is 11.9. The SMILES string of the molecule is O=C(O)COCC(=O)N1CCCN2CCCC2C1. The highest BCUT2D eigenvalue weighted by molar-refractivity contribution is 5.78. The van der Waals surface area contributed by atoms with Crippen molar-refractivity contribution in [2.45, 2.75) is 25.3 Å². The van der Waals surface area contributed by atoms with Gasteiger partial charge in [-0.1, -0.05) is 0 Å². The van der Waals surface area contributed by atoms with Crippen molar-refractivity contribution in [2.24, 2.45) is 0 Å². The molecule has 0 aromatic rings. The van der Waals surface area contributed by atoms with Crippen molar-refractivity contribution in [3.05, 3.63) is 0 Å². The first-order chi connectivity index (χ1) is 8.66. The zero-order chi connectivity index (χ0) is 13.0. The minimum Gasteiger partial charge on any atom is -0.480 e. The fourth-order valence-electron chi connectivity index (χ4n) is 2.75. The fourth-order valence-corrected chi connectivity index (χ4v) is 2.75. The number of hydrogen-bond acceptors (Lipinski definition) is 4. The number of hydrogen-bond donors (Lipinski definition) is 1. The van der Waals surface area contributed by atoms with Crippen LogP contribution in [0, 0.1) is 0 Å². The van der Waals surface area contributed by atoms with Crippen LogP contribution in [-0.2, 0) is 14.3 Å². The molecule has 6 nitrogen and oxygen atoms in total. The van der Waals surface area contributed by atoms with E-state index in [0.717, 1.165) is 39.0 Å². The first kappa shape index (κ1) is 13.3. The van der Waals surface area contributed by atoms with E-state index in [9.17, 15) is 9.59 Å². The average Bonchev–Trinajstić information content (AvgIpc) is 2.66. The summed E-state index contributed by atoms with van der Waals surface area (Å²) in [6, 6.07) is 0.482. The summed E-state index contributed by atoms with van der Waals surface area (Å²) in [5.41, 5.74) is 0. The van der Waals surface area contributed by atoms with Gasteiger partial charge in [-0.15, -0.1) is 0 Å². The lowest BCUT2D eigenvalue weighted by atomic mass is 10.2. The van der Waals surface area contributed by atoms with E-state index < -0.39 is 12.6 Å². The number of carboxylic acid groups (broad SMARTS) is 1. The Bertz CT molecular complexity index is 321. The first-order valence-corrected chi connectivity index (χ1v) is 6.48. The highest BCUT2D eigenvalue weighted by Gasteiger charge is 2.30. The van der Waals surface area contributed by atoms with Gasteiger partial charge in [-0.2, -0.15) is 0 Å². The van der Waals surface area contributed by atoms with Crippen molar-refractivity contribution in [3.63, 3.8) is 0 Å². The molecule has 2 heterocycles. The van der Waals surface area contributed by atoms with Crippen molar-refractivity contribution >= 4 is 11.9 Å². The number of fused-ring (bicyclic) bond motifs is 1. The fraction of sp³-hybridized carbons (Fsp3) is 0.833. The standard InChI is InChI=1S/C12H20N2O4/c15-11(8-18-9-12(16)17)14-6-2-5-13-4-1-3-10(13)7-14/h10H,1-9H2,(H,16,17). The molecule has 0 aliphatic carbocycles. The molecule has 2 fully saturated rings. The van der Waals surface area contributed by atoms with Crippen molar-refractivity contribution in [1.29, 1.82) is 0 Å². The molecule has 1 N–H and O–H groups in total. The van der Waals surface area contributed by atoms with Crippen LogP contribution in [0.1, 0.15) is 19.3 Å². The summed E-state index contributed by atoms with van der Waals surface area (Å²) in [6.45, 7) is 3.18. The van der Waals surface area contributed by atoms with Gasteiger partial charge in [0, 0.05) is 25.7 Å². The number of carbonyl (C=O) groups excluding carboxylic acids is 1. The predicted molar refractivity (Wildman–Crippen MR) is 64.2 cm³/mol.